The van der Waals surface area contributed by atoms with Crippen LogP contribution in [-0.4, -0.2) is 48.0 Å². The van der Waals surface area contributed by atoms with Crippen LogP contribution in [0.4, 0.5) is 24.9 Å². The summed E-state index contributed by atoms with van der Waals surface area (Å²) in [6, 6.07) is 0.492. The minimum atomic E-state index is -4.56. The number of aliphatic hydroxyl groups excluding tert-OH is 1. The molecule has 0 aliphatic heterocycles. The van der Waals surface area contributed by atoms with E-state index in [1.165, 1.54) is 7.11 Å². The van der Waals surface area contributed by atoms with Crippen molar-refractivity contribution < 1.29 is 23.0 Å². The highest BCUT2D eigenvalue weighted by atomic mass is 19.4. The van der Waals surface area contributed by atoms with Gasteiger partial charge < -0.3 is 20.5 Å². The number of methoxy groups -OCH3 is 1. The van der Waals surface area contributed by atoms with Gasteiger partial charge in [-0.15, -0.1) is 0 Å². The molecule has 3 N–H and O–H groups in total. The van der Waals surface area contributed by atoms with Gasteiger partial charge in [-0.25, -0.2) is 4.98 Å². The Morgan fingerprint density at radius 2 is 2.10 bits per heavy atom. The van der Waals surface area contributed by atoms with Crippen LogP contribution in [-0.2, 0) is 10.9 Å². The Labute approximate surface area is 120 Å². The first-order valence-electron chi connectivity index (χ1n) is 6.47. The topological polar surface area (TPSA) is 79.3 Å². The number of hydrogen-bond acceptors (Lipinski definition) is 6. The van der Waals surface area contributed by atoms with Crippen molar-refractivity contribution in [3.05, 3.63) is 11.8 Å². The molecule has 0 aromatic carbocycles. The van der Waals surface area contributed by atoms with Gasteiger partial charge in [0.05, 0.1) is 12.6 Å². The molecule has 0 aliphatic carbocycles. The largest absolute Gasteiger partial charge is 0.433 e. The lowest BCUT2D eigenvalue weighted by Crippen LogP contribution is -2.27. The SMILES string of the molecule is CCNc1nc(NC(CCO)COC)cc(C(F)(F)F)n1. The minimum absolute atomic E-state index is 0.0313. The normalized spacial score (nSPS) is 13.0. The molecule has 0 spiro atoms. The number of aliphatic hydroxyl groups is 1. The first-order valence-corrected chi connectivity index (χ1v) is 6.47. The maximum atomic E-state index is 12.8. The lowest BCUT2D eigenvalue weighted by atomic mass is 10.2. The summed E-state index contributed by atoms with van der Waals surface area (Å²) in [5, 5.41) is 14.4. The molecule has 120 valence electrons. The molecule has 1 heterocycles. The number of rotatable bonds is 8. The predicted octanol–water partition coefficient (Wildman–Crippen LogP) is 1.74. The zero-order chi connectivity index (χ0) is 15.9. The highest BCUT2D eigenvalue weighted by molar-refractivity contribution is 5.43. The van der Waals surface area contributed by atoms with Crippen LogP contribution in [0.1, 0.15) is 19.0 Å². The molecule has 1 unspecified atom stereocenters. The van der Waals surface area contributed by atoms with Gasteiger partial charge >= 0.3 is 6.18 Å². The van der Waals surface area contributed by atoms with Crippen molar-refractivity contribution in [3.63, 3.8) is 0 Å². The molecule has 0 radical (unpaired) electrons. The van der Waals surface area contributed by atoms with Crippen LogP contribution >= 0.6 is 0 Å². The van der Waals surface area contributed by atoms with Gasteiger partial charge in [0.25, 0.3) is 0 Å². The predicted molar refractivity (Wildman–Crippen MR) is 72.2 cm³/mol. The van der Waals surface area contributed by atoms with E-state index in [1.54, 1.807) is 6.92 Å². The summed E-state index contributed by atoms with van der Waals surface area (Å²) in [4.78, 5) is 7.40. The van der Waals surface area contributed by atoms with Gasteiger partial charge in [-0.3, -0.25) is 0 Å². The fraction of sp³-hybridized carbons (Fsp3) is 0.667. The summed E-state index contributed by atoms with van der Waals surface area (Å²) in [5.41, 5.74) is -1.03. The molecule has 9 heteroatoms. The smallest absolute Gasteiger partial charge is 0.396 e. The van der Waals surface area contributed by atoms with Crippen LogP contribution < -0.4 is 10.6 Å². The van der Waals surface area contributed by atoms with Crippen LogP contribution in [0.5, 0.6) is 0 Å². The van der Waals surface area contributed by atoms with Crippen LogP contribution in [0.3, 0.4) is 0 Å². The highest BCUT2D eigenvalue weighted by Gasteiger charge is 2.33. The number of anilines is 2. The summed E-state index contributed by atoms with van der Waals surface area (Å²) in [6.07, 6.45) is -4.23. The van der Waals surface area contributed by atoms with E-state index in [9.17, 15) is 13.2 Å². The van der Waals surface area contributed by atoms with Gasteiger partial charge in [0, 0.05) is 26.3 Å². The van der Waals surface area contributed by atoms with E-state index in [1.807, 2.05) is 0 Å². The van der Waals surface area contributed by atoms with Crippen LogP contribution in [0.15, 0.2) is 6.07 Å². The molecule has 1 atom stereocenters. The third-order valence-electron chi connectivity index (χ3n) is 2.55. The number of ether oxygens (including phenoxy) is 1. The maximum Gasteiger partial charge on any atom is 0.433 e. The fourth-order valence-corrected chi connectivity index (χ4v) is 1.67. The summed E-state index contributed by atoms with van der Waals surface area (Å²) < 4.78 is 43.4. The third-order valence-corrected chi connectivity index (χ3v) is 2.55. The Morgan fingerprint density at radius 3 is 2.62 bits per heavy atom. The van der Waals surface area contributed by atoms with Crippen molar-refractivity contribution in [1.82, 2.24) is 9.97 Å². The van der Waals surface area contributed by atoms with Crippen LogP contribution in [0.2, 0.25) is 0 Å². The summed E-state index contributed by atoms with van der Waals surface area (Å²) in [5.74, 6) is -0.0706. The maximum absolute atomic E-state index is 12.8. The molecule has 0 saturated carbocycles. The van der Waals surface area contributed by atoms with E-state index in [0.717, 1.165) is 6.07 Å². The molecule has 1 rings (SSSR count). The van der Waals surface area contributed by atoms with Crippen molar-refractivity contribution in [2.24, 2.45) is 0 Å². The average Bonchev–Trinajstić information content (AvgIpc) is 2.38. The summed E-state index contributed by atoms with van der Waals surface area (Å²) in [7, 11) is 1.47. The lowest BCUT2D eigenvalue weighted by Gasteiger charge is -2.19. The zero-order valence-corrected chi connectivity index (χ0v) is 11.9. The van der Waals surface area contributed by atoms with Gasteiger partial charge in [-0.05, 0) is 13.3 Å². The molecule has 1 aromatic rings. The van der Waals surface area contributed by atoms with Crippen molar-refractivity contribution in [2.75, 3.05) is 37.5 Å². The molecule has 1 aromatic heterocycles. The molecule has 0 amide bonds. The molecule has 0 saturated heterocycles. The van der Waals surface area contributed by atoms with E-state index in [0.29, 0.717) is 13.0 Å². The number of nitrogens with one attached hydrogen (secondary N) is 2. The molecule has 0 fully saturated rings. The van der Waals surface area contributed by atoms with E-state index >= 15 is 0 Å². The van der Waals surface area contributed by atoms with Gasteiger partial charge in [-0.1, -0.05) is 0 Å². The van der Waals surface area contributed by atoms with Crippen molar-refractivity contribution in [2.45, 2.75) is 25.6 Å². The standard InChI is InChI=1S/C12H19F3N4O2/c1-3-16-11-18-9(12(13,14)15)6-10(19-11)17-8(4-5-20)7-21-2/h6,8,20H,3-5,7H2,1-2H3,(H2,16,17,18,19). The summed E-state index contributed by atoms with van der Waals surface area (Å²) in [6.45, 7) is 2.26. The monoisotopic (exact) mass is 308 g/mol. The number of hydrogen-bond donors (Lipinski definition) is 3. The number of nitrogens with zero attached hydrogens (tertiary/aromatic N) is 2. The molecular weight excluding hydrogens is 289 g/mol. The minimum Gasteiger partial charge on any atom is -0.396 e. The van der Waals surface area contributed by atoms with E-state index in [-0.39, 0.29) is 31.0 Å². The zero-order valence-electron chi connectivity index (χ0n) is 11.9. The number of alkyl halides is 3. The summed E-state index contributed by atoms with van der Waals surface area (Å²) >= 11 is 0. The lowest BCUT2D eigenvalue weighted by molar-refractivity contribution is -0.141. The van der Waals surface area contributed by atoms with Gasteiger partial charge in [0.1, 0.15) is 5.82 Å². The number of halogens is 3. The Morgan fingerprint density at radius 1 is 1.38 bits per heavy atom. The first kappa shape index (κ1) is 17.4. The fourth-order valence-electron chi connectivity index (χ4n) is 1.67. The van der Waals surface area contributed by atoms with Crippen molar-refractivity contribution >= 4 is 11.8 Å². The Bertz CT molecular complexity index is 437. The van der Waals surface area contributed by atoms with Crippen LogP contribution in [0.25, 0.3) is 0 Å². The second-order valence-corrected chi connectivity index (χ2v) is 4.30. The molecule has 0 aliphatic rings. The Hall–Kier alpha value is -1.61. The van der Waals surface area contributed by atoms with E-state index < -0.39 is 11.9 Å². The van der Waals surface area contributed by atoms with Gasteiger partial charge in [-0.2, -0.15) is 18.2 Å². The van der Waals surface area contributed by atoms with Gasteiger partial charge in [0.15, 0.2) is 5.69 Å². The molecule has 0 bridgehead atoms. The van der Waals surface area contributed by atoms with E-state index in [2.05, 4.69) is 20.6 Å². The number of aromatic nitrogens is 2. The Kier molecular flexibility index (Phi) is 6.63. The quantitative estimate of drug-likeness (QED) is 0.679. The van der Waals surface area contributed by atoms with Gasteiger partial charge in [0.2, 0.25) is 5.95 Å². The average molecular weight is 308 g/mol. The van der Waals surface area contributed by atoms with Crippen molar-refractivity contribution in [3.8, 4) is 0 Å². The van der Waals surface area contributed by atoms with Crippen molar-refractivity contribution in [1.29, 1.82) is 0 Å². The van der Waals surface area contributed by atoms with Crippen LogP contribution in [0, 0.1) is 0 Å². The highest BCUT2D eigenvalue weighted by Crippen LogP contribution is 2.29. The first-order chi connectivity index (χ1) is 9.90. The molecular formula is C12H19F3N4O2. The second kappa shape index (κ2) is 7.99. The second-order valence-electron chi connectivity index (χ2n) is 4.30. The van der Waals surface area contributed by atoms with E-state index in [4.69, 9.17) is 9.84 Å². The molecule has 6 nitrogen and oxygen atoms in total. The Balaban J connectivity index is 3.01. The third kappa shape index (κ3) is 5.72. The molecule has 21 heavy (non-hydrogen) atoms.